The molecule has 2 N–H and O–H groups in total. The smallest absolute Gasteiger partial charge is 0.246 e. The predicted molar refractivity (Wildman–Crippen MR) is 107 cm³/mol. The summed E-state index contributed by atoms with van der Waals surface area (Å²) in [6.07, 6.45) is 1.62. The summed E-state index contributed by atoms with van der Waals surface area (Å²) in [5.74, 6) is 2.45. The normalized spacial score (nSPS) is 11.6. The van der Waals surface area contributed by atoms with Gasteiger partial charge in [0.05, 0.1) is 12.2 Å². The topological polar surface area (TPSA) is 101 Å². The second-order valence-electron chi connectivity index (χ2n) is 6.04. The summed E-state index contributed by atoms with van der Waals surface area (Å²) in [4.78, 5) is 8.61. The van der Waals surface area contributed by atoms with Gasteiger partial charge in [0.25, 0.3) is 0 Å². The Labute approximate surface area is 168 Å². The van der Waals surface area contributed by atoms with Crippen LogP contribution in [-0.2, 0) is 25.9 Å². The van der Waals surface area contributed by atoms with Crippen molar-refractivity contribution in [2.75, 3.05) is 7.05 Å². The molecule has 0 amide bonds. The average molecular weight is 403 g/mol. The molecule has 0 aliphatic rings. The molecule has 0 radical (unpaired) electrons. The molecule has 0 aliphatic heterocycles. The van der Waals surface area contributed by atoms with Gasteiger partial charge in [-0.25, -0.2) is 0 Å². The number of halogens is 1. The molecule has 28 heavy (non-hydrogen) atoms. The highest BCUT2D eigenvalue weighted by Gasteiger charge is 2.14. The molecule has 0 atom stereocenters. The van der Waals surface area contributed by atoms with Gasteiger partial charge in [0, 0.05) is 36.2 Å². The molecule has 8 nitrogen and oxygen atoms in total. The van der Waals surface area contributed by atoms with Gasteiger partial charge in [0.15, 0.2) is 5.96 Å². The Hall–Kier alpha value is -2.87. The first-order chi connectivity index (χ1) is 13.6. The Kier molecular flexibility index (Phi) is 6.65. The van der Waals surface area contributed by atoms with E-state index in [0.29, 0.717) is 35.8 Å². The molecule has 0 saturated carbocycles. The molecule has 2 aromatic heterocycles. The maximum atomic E-state index is 6.01. The number of hydrogen-bond donors (Lipinski definition) is 2. The Morgan fingerprint density at radius 1 is 1.11 bits per heavy atom. The molecule has 0 fully saturated rings. The highest BCUT2D eigenvalue weighted by atomic mass is 35.5. The number of aromatic nitrogens is 3. The van der Waals surface area contributed by atoms with E-state index < -0.39 is 0 Å². The molecule has 3 aromatic rings. The van der Waals surface area contributed by atoms with Crippen molar-refractivity contribution in [3.63, 3.8) is 0 Å². The molecule has 0 bridgehead atoms. The number of aliphatic imine (C=N–C) groups is 1. The lowest BCUT2D eigenvalue weighted by Crippen LogP contribution is -2.36. The number of guanidine groups is 1. The molecule has 0 unspecified atom stereocenters. The minimum Gasteiger partial charge on any atom is -0.361 e. The van der Waals surface area contributed by atoms with Gasteiger partial charge in [-0.2, -0.15) is 4.98 Å². The van der Waals surface area contributed by atoms with Gasteiger partial charge in [-0.1, -0.05) is 47.9 Å². The minimum absolute atomic E-state index is 0.345. The summed E-state index contributed by atoms with van der Waals surface area (Å²) >= 11 is 6.01. The van der Waals surface area contributed by atoms with Crippen LogP contribution in [0.3, 0.4) is 0 Å². The van der Waals surface area contributed by atoms with Crippen LogP contribution in [0.2, 0.25) is 5.02 Å². The standard InChI is InChI=1S/C19H23ClN6O2/c1-4-15-14(16(5-2)27-25-15)10-22-19(21-3)23-11-17-24-18(26-28-17)12-7-6-8-13(20)9-12/h6-9H,4-5,10-11H2,1-3H3,(H2,21,22,23). The zero-order chi connectivity index (χ0) is 19.9. The fraction of sp³-hybridized carbons (Fsp3) is 0.368. The SMILES string of the molecule is CCc1noc(CC)c1CNC(=NC)NCc1nc(-c2cccc(Cl)c2)no1. The van der Waals surface area contributed by atoms with Crippen LogP contribution in [0.4, 0.5) is 0 Å². The molecule has 0 aliphatic carbocycles. The van der Waals surface area contributed by atoms with Crippen molar-refractivity contribution in [3.8, 4) is 11.4 Å². The summed E-state index contributed by atoms with van der Waals surface area (Å²) in [6.45, 7) is 5.02. The third kappa shape index (κ3) is 4.69. The molecular weight excluding hydrogens is 380 g/mol. The van der Waals surface area contributed by atoms with E-state index in [-0.39, 0.29) is 0 Å². The zero-order valence-corrected chi connectivity index (χ0v) is 16.9. The molecule has 148 valence electrons. The number of aryl methyl sites for hydroxylation is 2. The van der Waals surface area contributed by atoms with Gasteiger partial charge in [-0.05, 0) is 18.6 Å². The average Bonchev–Trinajstić information content (AvgIpc) is 3.34. The lowest BCUT2D eigenvalue weighted by atomic mass is 10.1. The summed E-state index contributed by atoms with van der Waals surface area (Å²) in [7, 11) is 1.70. The van der Waals surface area contributed by atoms with E-state index in [1.54, 1.807) is 19.2 Å². The fourth-order valence-corrected chi connectivity index (χ4v) is 2.95. The molecule has 0 spiro atoms. The summed E-state index contributed by atoms with van der Waals surface area (Å²) in [5.41, 5.74) is 2.84. The van der Waals surface area contributed by atoms with Crippen molar-refractivity contribution in [1.29, 1.82) is 0 Å². The number of nitrogens with one attached hydrogen (secondary N) is 2. The quantitative estimate of drug-likeness (QED) is 0.461. The zero-order valence-electron chi connectivity index (χ0n) is 16.1. The van der Waals surface area contributed by atoms with E-state index >= 15 is 0 Å². The molecule has 9 heteroatoms. The van der Waals surface area contributed by atoms with Crippen LogP contribution in [-0.4, -0.2) is 28.3 Å². The highest BCUT2D eigenvalue weighted by molar-refractivity contribution is 6.30. The van der Waals surface area contributed by atoms with E-state index in [4.69, 9.17) is 20.6 Å². The predicted octanol–water partition coefficient (Wildman–Crippen LogP) is 3.37. The van der Waals surface area contributed by atoms with Crippen LogP contribution in [0.1, 0.15) is 36.8 Å². The van der Waals surface area contributed by atoms with E-state index in [1.165, 1.54) is 0 Å². The maximum absolute atomic E-state index is 6.01. The van der Waals surface area contributed by atoms with E-state index in [2.05, 4.69) is 37.8 Å². The molecule has 3 rings (SSSR count). The van der Waals surface area contributed by atoms with Crippen LogP contribution < -0.4 is 10.6 Å². The third-order valence-corrected chi connectivity index (χ3v) is 4.46. The van der Waals surface area contributed by atoms with E-state index in [9.17, 15) is 0 Å². The van der Waals surface area contributed by atoms with Crippen LogP contribution in [0, 0.1) is 0 Å². The first-order valence-electron chi connectivity index (χ1n) is 9.13. The van der Waals surface area contributed by atoms with Gasteiger partial charge < -0.3 is 19.7 Å². The third-order valence-electron chi connectivity index (χ3n) is 4.22. The molecular formula is C19H23ClN6O2. The number of benzene rings is 1. The van der Waals surface area contributed by atoms with Crippen molar-refractivity contribution in [2.45, 2.75) is 39.8 Å². The van der Waals surface area contributed by atoms with E-state index in [1.807, 2.05) is 19.1 Å². The van der Waals surface area contributed by atoms with Gasteiger partial charge in [-0.3, -0.25) is 4.99 Å². The van der Waals surface area contributed by atoms with Crippen molar-refractivity contribution in [3.05, 3.63) is 52.2 Å². The molecule has 2 heterocycles. The van der Waals surface area contributed by atoms with Gasteiger partial charge in [0.1, 0.15) is 5.76 Å². The van der Waals surface area contributed by atoms with Crippen LogP contribution in [0.15, 0.2) is 38.3 Å². The minimum atomic E-state index is 0.345. The van der Waals surface area contributed by atoms with Crippen LogP contribution >= 0.6 is 11.6 Å². The largest absolute Gasteiger partial charge is 0.361 e. The number of nitrogens with zero attached hydrogens (tertiary/aromatic N) is 4. The van der Waals surface area contributed by atoms with Gasteiger partial charge >= 0.3 is 0 Å². The monoisotopic (exact) mass is 402 g/mol. The van der Waals surface area contributed by atoms with Crippen molar-refractivity contribution in [2.24, 2.45) is 4.99 Å². The van der Waals surface area contributed by atoms with Crippen molar-refractivity contribution in [1.82, 2.24) is 25.9 Å². The molecule has 1 aromatic carbocycles. The maximum Gasteiger partial charge on any atom is 0.246 e. The first-order valence-corrected chi connectivity index (χ1v) is 9.51. The second kappa shape index (κ2) is 9.36. The number of rotatable bonds is 7. The Balaban J connectivity index is 1.59. The van der Waals surface area contributed by atoms with Gasteiger partial charge in [-0.15, -0.1) is 0 Å². The summed E-state index contributed by atoms with van der Waals surface area (Å²) in [6, 6.07) is 7.31. The van der Waals surface area contributed by atoms with Crippen LogP contribution in [0.5, 0.6) is 0 Å². The second-order valence-corrected chi connectivity index (χ2v) is 6.48. The molecule has 0 saturated heterocycles. The Morgan fingerprint density at radius 2 is 1.93 bits per heavy atom. The van der Waals surface area contributed by atoms with E-state index in [0.717, 1.165) is 35.4 Å². The number of hydrogen-bond acceptors (Lipinski definition) is 6. The van der Waals surface area contributed by atoms with Gasteiger partial charge in [0.2, 0.25) is 11.7 Å². The first kappa shape index (κ1) is 19.9. The Bertz CT molecular complexity index is 928. The highest BCUT2D eigenvalue weighted by Crippen LogP contribution is 2.20. The van der Waals surface area contributed by atoms with Crippen LogP contribution in [0.25, 0.3) is 11.4 Å². The fourth-order valence-electron chi connectivity index (χ4n) is 2.76. The van der Waals surface area contributed by atoms with Crippen molar-refractivity contribution >= 4 is 17.6 Å². The summed E-state index contributed by atoms with van der Waals surface area (Å²) < 4.78 is 10.7. The summed E-state index contributed by atoms with van der Waals surface area (Å²) in [5, 5.41) is 15.2. The lowest BCUT2D eigenvalue weighted by molar-refractivity contribution is 0.375. The lowest BCUT2D eigenvalue weighted by Gasteiger charge is -2.10. The Morgan fingerprint density at radius 3 is 2.64 bits per heavy atom. The van der Waals surface area contributed by atoms with Crippen molar-refractivity contribution < 1.29 is 9.05 Å².